The standard InChI is InChI=1S/C15H17ClN2O2/c1-9-10-6-4-5-7-11(10)18-12(13(9)16)8-17-15(2,3)14(19)20/h4-7,17H,8H2,1-3H3,(H,19,20). The number of aryl methyl sites for hydroxylation is 1. The lowest BCUT2D eigenvalue weighted by Crippen LogP contribution is -2.46. The molecule has 20 heavy (non-hydrogen) atoms. The molecule has 1 heterocycles. The number of nitrogens with one attached hydrogen (secondary N) is 1. The number of fused-ring (bicyclic) bond motifs is 1. The Morgan fingerprint density at radius 2 is 2.05 bits per heavy atom. The highest BCUT2D eigenvalue weighted by molar-refractivity contribution is 6.32. The third-order valence-corrected chi connectivity index (χ3v) is 3.88. The van der Waals surface area contributed by atoms with Crippen molar-refractivity contribution in [3.8, 4) is 0 Å². The second-order valence-electron chi connectivity index (χ2n) is 5.30. The Morgan fingerprint density at radius 1 is 1.40 bits per heavy atom. The van der Waals surface area contributed by atoms with Crippen molar-refractivity contribution in [2.75, 3.05) is 0 Å². The Balaban J connectivity index is 2.36. The van der Waals surface area contributed by atoms with Gasteiger partial charge in [-0.1, -0.05) is 29.8 Å². The zero-order valence-electron chi connectivity index (χ0n) is 11.7. The minimum atomic E-state index is -1.02. The van der Waals surface area contributed by atoms with Gasteiger partial charge in [0.2, 0.25) is 0 Å². The lowest BCUT2D eigenvalue weighted by Gasteiger charge is -2.21. The molecule has 2 aromatic rings. The number of pyridine rings is 1. The molecule has 1 aromatic carbocycles. The van der Waals surface area contributed by atoms with Gasteiger partial charge in [0.25, 0.3) is 0 Å². The molecule has 0 aliphatic carbocycles. The maximum Gasteiger partial charge on any atom is 0.323 e. The van der Waals surface area contributed by atoms with Crippen LogP contribution in [0.25, 0.3) is 10.9 Å². The average Bonchev–Trinajstić information content (AvgIpc) is 2.41. The van der Waals surface area contributed by atoms with Gasteiger partial charge in [0.05, 0.1) is 16.2 Å². The first kappa shape index (κ1) is 14.8. The maximum absolute atomic E-state index is 11.1. The minimum Gasteiger partial charge on any atom is -0.480 e. The SMILES string of the molecule is Cc1c(Cl)c(CNC(C)(C)C(=O)O)nc2ccccc12. The zero-order chi connectivity index (χ0) is 14.9. The zero-order valence-corrected chi connectivity index (χ0v) is 12.5. The van der Waals surface area contributed by atoms with E-state index in [9.17, 15) is 4.79 Å². The highest BCUT2D eigenvalue weighted by Crippen LogP contribution is 2.27. The first-order valence-corrected chi connectivity index (χ1v) is 6.73. The molecule has 0 radical (unpaired) electrons. The molecule has 0 saturated carbocycles. The molecule has 0 aliphatic heterocycles. The van der Waals surface area contributed by atoms with Crippen molar-refractivity contribution in [1.82, 2.24) is 10.3 Å². The van der Waals surface area contributed by atoms with Crippen molar-refractivity contribution in [3.63, 3.8) is 0 Å². The van der Waals surface area contributed by atoms with E-state index in [1.165, 1.54) is 0 Å². The van der Waals surface area contributed by atoms with E-state index in [1.54, 1.807) is 13.8 Å². The van der Waals surface area contributed by atoms with Gasteiger partial charge in [0.15, 0.2) is 0 Å². The molecule has 1 aromatic heterocycles. The highest BCUT2D eigenvalue weighted by atomic mass is 35.5. The Morgan fingerprint density at radius 3 is 2.70 bits per heavy atom. The molecule has 2 rings (SSSR count). The number of hydrogen-bond acceptors (Lipinski definition) is 3. The van der Waals surface area contributed by atoms with E-state index in [1.807, 2.05) is 31.2 Å². The Bertz CT molecular complexity index is 668. The number of rotatable bonds is 4. The van der Waals surface area contributed by atoms with Crippen molar-refractivity contribution < 1.29 is 9.90 Å². The molecule has 0 unspecified atom stereocenters. The summed E-state index contributed by atoms with van der Waals surface area (Å²) in [5.74, 6) is -0.911. The Hall–Kier alpha value is -1.65. The Kier molecular flexibility index (Phi) is 3.97. The lowest BCUT2D eigenvalue weighted by atomic mass is 10.1. The third kappa shape index (κ3) is 2.76. The van der Waals surface area contributed by atoms with Crippen molar-refractivity contribution in [2.24, 2.45) is 0 Å². The summed E-state index contributed by atoms with van der Waals surface area (Å²) in [6.45, 7) is 5.47. The third-order valence-electron chi connectivity index (χ3n) is 3.38. The van der Waals surface area contributed by atoms with E-state index in [2.05, 4.69) is 10.3 Å². The van der Waals surface area contributed by atoms with Gasteiger partial charge in [-0.2, -0.15) is 0 Å². The average molecular weight is 293 g/mol. The van der Waals surface area contributed by atoms with Gasteiger partial charge in [-0.05, 0) is 32.4 Å². The van der Waals surface area contributed by atoms with Crippen LogP contribution in [0.15, 0.2) is 24.3 Å². The largest absolute Gasteiger partial charge is 0.480 e. The van der Waals surface area contributed by atoms with Gasteiger partial charge >= 0.3 is 5.97 Å². The van der Waals surface area contributed by atoms with Crippen LogP contribution in [0.2, 0.25) is 5.02 Å². The first-order chi connectivity index (χ1) is 9.33. The summed E-state index contributed by atoms with van der Waals surface area (Å²) in [6, 6.07) is 7.76. The summed E-state index contributed by atoms with van der Waals surface area (Å²) in [4.78, 5) is 15.6. The van der Waals surface area contributed by atoms with Gasteiger partial charge < -0.3 is 5.11 Å². The quantitative estimate of drug-likeness (QED) is 0.909. The molecule has 0 bridgehead atoms. The van der Waals surface area contributed by atoms with Gasteiger partial charge in [-0.25, -0.2) is 4.98 Å². The molecule has 0 amide bonds. The summed E-state index contributed by atoms with van der Waals surface area (Å²) in [6.07, 6.45) is 0. The van der Waals surface area contributed by atoms with Crippen molar-refractivity contribution >= 4 is 28.5 Å². The summed E-state index contributed by atoms with van der Waals surface area (Å²) >= 11 is 6.33. The van der Waals surface area contributed by atoms with E-state index in [-0.39, 0.29) is 0 Å². The second-order valence-corrected chi connectivity index (χ2v) is 5.68. The fourth-order valence-electron chi connectivity index (χ4n) is 1.91. The number of carboxylic acids is 1. The van der Waals surface area contributed by atoms with E-state index in [0.29, 0.717) is 17.3 Å². The smallest absolute Gasteiger partial charge is 0.323 e. The summed E-state index contributed by atoms with van der Waals surface area (Å²) < 4.78 is 0. The molecule has 4 nitrogen and oxygen atoms in total. The van der Waals surface area contributed by atoms with Crippen molar-refractivity contribution in [2.45, 2.75) is 32.9 Å². The number of benzene rings is 1. The molecular weight excluding hydrogens is 276 g/mol. The molecule has 0 fully saturated rings. The molecule has 2 N–H and O–H groups in total. The van der Waals surface area contributed by atoms with Crippen LogP contribution < -0.4 is 5.32 Å². The first-order valence-electron chi connectivity index (χ1n) is 6.35. The van der Waals surface area contributed by atoms with Gasteiger partial charge in [-0.3, -0.25) is 10.1 Å². The van der Waals surface area contributed by atoms with Crippen molar-refractivity contribution in [3.05, 3.63) is 40.5 Å². The van der Waals surface area contributed by atoms with Crippen LogP contribution in [-0.2, 0) is 11.3 Å². The number of carbonyl (C=O) groups is 1. The highest BCUT2D eigenvalue weighted by Gasteiger charge is 2.26. The van der Waals surface area contributed by atoms with E-state index in [0.717, 1.165) is 16.5 Å². The summed E-state index contributed by atoms with van der Waals surface area (Å²) in [5, 5.41) is 13.7. The van der Waals surface area contributed by atoms with Crippen LogP contribution in [0, 0.1) is 6.92 Å². The predicted molar refractivity (Wildman–Crippen MR) is 80.0 cm³/mol. The summed E-state index contributed by atoms with van der Waals surface area (Å²) in [5.41, 5.74) is 1.46. The van der Waals surface area contributed by atoms with Crippen LogP contribution in [0.4, 0.5) is 0 Å². The van der Waals surface area contributed by atoms with E-state index < -0.39 is 11.5 Å². The van der Waals surface area contributed by atoms with Crippen LogP contribution in [0.1, 0.15) is 25.1 Å². The fourth-order valence-corrected chi connectivity index (χ4v) is 2.13. The van der Waals surface area contributed by atoms with Crippen LogP contribution in [0.3, 0.4) is 0 Å². The molecule has 106 valence electrons. The lowest BCUT2D eigenvalue weighted by molar-refractivity contribution is -0.143. The molecule has 5 heteroatoms. The van der Waals surface area contributed by atoms with Gasteiger partial charge in [0, 0.05) is 11.9 Å². The Labute approximate surface area is 122 Å². The van der Waals surface area contributed by atoms with Crippen molar-refractivity contribution in [1.29, 1.82) is 0 Å². The second kappa shape index (κ2) is 5.38. The number of nitrogens with zero attached hydrogens (tertiary/aromatic N) is 1. The normalized spacial score (nSPS) is 11.8. The molecule has 0 saturated heterocycles. The predicted octanol–water partition coefficient (Wildman–Crippen LogP) is 3.15. The van der Waals surface area contributed by atoms with Crippen LogP contribution in [-0.4, -0.2) is 21.6 Å². The fraction of sp³-hybridized carbons (Fsp3) is 0.333. The minimum absolute atomic E-state index is 0.309. The molecular formula is C15H17ClN2O2. The number of hydrogen-bond donors (Lipinski definition) is 2. The van der Waals surface area contributed by atoms with Gasteiger partial charge in [0.1, 0.15) is 5.54 Å². The maximum atomic E-state index is 11.1. The molecule has 0 atom stereocenters. The van der Waals surface area contributed by atoms with Crippen LogP contribution >= 0.6 is 11.6 Å². The number of aliphatic carboxylic acids is 1. The number of para-hydroxylation sites is 1. The van der Waals surface area contributed by atoms with E-state index >= 15 is 0 Å². The van der Waals surface area contributed by atoms with Gasteiger partial charge in [-0.15, -0.1) is 0 Å². The number of carboxylic acid groups (broad SMARTS) is 1. The number of aromatic nitrogens is 1. The molecule has 0 aliphatic rings. The number of halogens is 1. The topological polar surface area (TPSA) is 62.2 Å². The van der Waals surface area contributed by atoms with Crippen LogP contribution in [0.5, 0.6) is 0 Å². The van der Waals surface area contributed by atoms with E-state index in [4.69, 9.17) is 16.7 Å². The molecule has 0 spiro atoms. The summed E-state index contributed by atoms with van der Waals surface area (Å²) in [7, 11) is 0. The monoisotopic (exact) mass is 292 g/mol.